The Kier molecular flexibility index (Phi) is 5.76. The van der Waals surface area contributed by atoms with Gasteiger partial charge in [0.1, 0.15) is 6.10 Å². The maximum Gasteiger partial charge on any atom is 0.246 e. The molecule has 0 aromatic heterocycles. The van der Waals surface area contributed by atoms with Gasteiger partial charge < -0.3 is 15.7 Å². The highest BCUT2D eigenvalue weighted by Gasteiger charge is 2.28. The molecular weight excluding hydrogens is 264 g/mol. The molecule has 0 bridgehead atoms. The molecule has 1 aliphatic rings. The summed E-state index contributed by atoms with van der Waals surface area (Å²) in [4.78, 5) is 13.4. The van der Waals surface area contributed by atoms with E-state index in [1.54, 1.807) is 0 Å². The number of piperidine rings is 1. The van der Waals surface area contributed by atoms with Crippen molar-refractivity contribution in [2.45, 2.75) is 38.7 Å². The van der Waals surface area contributed by atoms with Crippen LogP contribution in [0.15, 0.2) is 24.3 Å². The molecule has 116 valence electrons. The topological polar surface area (TPSA) is 66.6 Å². The lowest BCUT2D eigenvalue weighted by atomic mass is 9.91. The highest BCUT2D eigenvalue weighted by atomic mass is 16.3. The standard InChI is InChI=1S/C17H26N2O2/c1-13-4-2-5-14(12-13)6-3-9-19-10-7-15(8-11-19)16(20)17(18)21/h2,4-5,12,15-16,20H,3,6-11H2,1H3,(H2,18,21)/t16-/m0/s1. The number of aliphatic hydroxyl groups excluding tert-OH is 1. The molecule has 0 aliphatic carbocycles. The molecule has 0 saturated carbocycles. The third-order valence-electron chi connectivity index (χ3n) is 4.39. The Balaban J connectivity index is 1.68. The Hall–Kier alpha value is -1.39. The molecule has 1 heterocycles. The van der Waals surface area contributed by atoms with E-state index in [2.05, 4.69) is 36.1 Å². The number of amides is 1. The molecular formula is C17H26N2O2. The van der Waals surface area contributed by atoms with Crippen LogP contribution < -0.4 is 5.73 Å². The average molecular weight is 290 g/mol. The maximum atomic E-state index is 11.0. The van der Waals surface area contributed by atoms with E-state index in [0.717, 1.165) is 45.3 Å². The minimum Gasteiger partial charge on any atom is -0.383 e. The van der Waals surface area contributed by atoms with Gasteiger partial charge in [0.2, 0.25) is 5.91 Å². The number of aliphatic hydroxyl groups is 1. The number of likely N-dealkylation sites (tertiary alicyclic amines) is 1. The van der Waals surface area contributed by atoms with Gasteiger partial charge in [-0.25, -0.2) is 0 Å². The van der Waals surface area contributed by atoms with Crippen molar-refractivity contribution >= 4 is 5.91 Å². The first kappa shape index (κ1) is 16.0. The van der Waals surface area contributed by atoms with E-state index in [1.807, 2.05) is 0 Å². The van der Waals surface area contributed by atoms with E-state index in [-0.39, 0.29) is 5.92 Å². The van der Waals surface area contributed by atoms with Gasteiger partial charge in [-0.2, -0.15) is 0 Å². The number of primary amides is 1. The largest absolute Gasteiger partial charge is 0.383 e. The van der Waals surface area contributed by atoms with Crippen molar-refractivity contribution in [1.29, 1.82) is 0 Å². The van der Waals surface area contributed by atoms with Crippen molar-refractivity contribution in [2.75, 3.05) is 19.6 Å². The van der Waals surface area contributed by atoms with Gasteiger partial charge in [0.15, 0.2) is 0 Å². The van der Waals surface area contributed by atoms with E-state index in [4.69, 9.17) is 5.73 Å². The number of carbonyl (C=O) groups excluding carboxylic acids is 1. The molecule has 2 rings (SSSR count). The Bertz CT molecular complexity index is 468. The molecule has 1 fully saturated rings. The van der Waals surface area contributed by atoms with Crippen molar-refractivity contribution in [3.05, 3.63) is 35.4 Å². The van der Waals surface area contributed by atoms with Crippen molar-refractivity contribution in [2.24, 2.45) is 11.7 Å². The highest BCUT2D eigenvalue weighted by Crippen LogP contribution is 2.21. The second kappa shape index (κ2) is 7.57. The van der Waals surface area contributed by atoms with Crippen LogP contribution in [0.1, 0.15) is 30.4 Å². The van der Waals surface area contributed by atoms with Gasteiger partial charge in [-0.15, -0.1) is 0 Å². The fourth-order valence-electron chi connectivity index (χ4n) is 3.10. The summed E-state index contributed by atoms with van der Waals surface area (Å²) >= 11 is 0. The lowest BCUT2D eigenvalue weighted by molar-refractivity contribution is -0.129. The number of carbonyl (C=O) groups is 1. The Morgan fingerprint density at radius 2 is 2.14 bits per heavy atom. The van der Waals surface area contributed by atoms with Crippen molar-refractivity contribution in [3.63, 3.8) is 0 Å². The molecule has 1 aromatic carbocycles. The van der Waals surface area contributed by atoms with E-state index < -0.39 is 12.0 Å². The third kappa shape index (κ3) is 4.83. The minimum atomic E-state index is -0.973. The minimum absolute atomic E-state index is 0.0375. The normalized spacial score (nSPS) is 18.6. The molecule has 1 aliphatic heterocycles. The van der Waals surface area contributed by atoms with E-state index in [0.29, 0.717) is 0 Å². The van der Waals surface area contributed by atoms with Gasteiger partial charge in [-0.05, 0) is 63.7 Å². The van der Waals surface area contributed by atoms with Crippen LogP contribution in [0, 0.1) is 12.8 Å². The second-order valence-corrected chi connectivity index (χ2v) is 6.12. The predicted octanol–water partition coefficient (Wildman–Crippen LogP) is 1.49. The second-order valence-electron chi connectivity index (χ2n) is 6.12. The van der Waals surface area contributed by atoms with Gasteiger partial charge in [0, 0.05) is 0 Å². The van der Waals surface area contributed by atoms with Crippen LogP contribution in [0.3, 0.4) is 0 Å². The summed E-state index contributed by atoms with van der Waals surface area (Å²) in [5, 5.41) is 9.70. The van der Waals surface area contributed by atoms with Crippen LogP contribution in [0.4, 0.5) is 0 Å². The van der Waals surface area contributed by atoms with Crippen LogP contribution in [0.5, 0.6) is 0 Å². The van der Waals surface area contributed by atoms with Crippen LogP contribution in [-0.4, -0.2) is 41.7 Å². The molecule has 1 saturated heterocycles. The van der Waals surface area contributed by atoms with Crippen molar-refractivity contribution < 1.29 is 9.90 Å². The molecule has 4 nitrogen and oxygen atoms in total. The molecule has 1 aromatic rings. The number of rotatable bonds is 6. The summed E-state index contributed by atoms with van der Waals surface area (Å²) in [6.45, 7) is 5.09. The third-order valence-corrected chi connectivity index (χ3v) is 4.39. The Morgan fingerprint density at radius 3 is 2.76 bits per heavy atom. The summed E-state index contributed by atoms with van der Waals surface area (Å²) in [6.07, 6.45) is 2.99. The number of nitrogens with two attached hydrogens (primary N) is 1. The monoisotopic (exact) mass is 290 g/mol. The van der Waals surface area contributed by atoms with Crippen molar-refractivity contribution in [3.8, 4) is 0 Å². The lowest BCUT2D eigenvalue weighted by Crippen LogP contribution is -2.43. The molecule has 4 heteroatoms. The molecule has 0 unspecified atom stereocenters. The van der Waals surface area contributed by atoms with E-state index >= 15 is 0 Å². The van der Waals surface area contributed by atoms with E-state index in [9.17, 15) is 9.90 Å². The molecule has 0 spiro atoms. The lowest BCUT2D eigenvalue weighted by Gasteiger charge is -2.33. The van der Waals surface area contributed by atoms with E-state index in [1.165, 1.54) is 11.1 Å². The fraction of sp³-hybridized carbons (Fsp3) is 0.588. The first-order valence-corrected chi connectivity index (χ1v) is 7.81. The quantitative estimate of drug-likeness (QED) is 0.834. The number of hydrogen-bond acceptors (Lipinski definition) is 3. The predicted molar refractivity (Wildman–Crippen MR) is 83.9 cm³/mol. The van der Waals surface area contributed by atoms with Crippen LogP contribution in [-0.2, 0) is 11.2 Å². The molecule has 1 atom stereocenters. The molecule has 0 radical (unpaired) electrons. The van der Waals surface area contributed by atoms with Crippen molar-refractivity contribution in [1.82, 2.24) is 4.90 Å². The van der Waals surface area contributed by atoms with Crippen LogP contribution in [0.2, 0.25) is 0 Å². The van der Waals surface area contributed by atoms with Gasteiger partial charge in [-0.3, -0.25) is 4.79 Å². The number of aryl methyl sites for hydroxylation is 2. The summed E-state index contributed by atoms with van der Waals surface area (Å²) in [7, 11) is 0. The first-order chi connectivity index (χ1) is 10.1. The molecule has 21 heavy (non-hydrogen) atoms. The summed E-state index contributed by atoms with van der Waals surface area (Å²) in [6, 6.07) is 8.66. The number of hydrogen-bond donors (Lipinski definition) is 2. The van der Waals surface area contributed by atoms with Gasteiger partial charge in [0.25, 0.3) is 0 Å². The first-order valence-electron chi connectivity index (χ1n) is 7.81. The Labute approximate surface area is 126 Å². The smallest absolute Gasteiger partial charge is 0.246 e. The zero-order valence-electron chi connectivity index (χ0n) is 12.8. The Morgan fingerprint density at radius 1 is 1.43 bits per heavy atom. The summed E-state index contributed by atoms with van der Waals surface area (Å²) in [5.74, 6) is -0.552. The average Bonchev–Trinajstić information content (AvgIpc) is 2.47. The van der Waals surface area contributed by atoms with Gasteiger partial charge in [0.05, 0.1) is 0 Å². The zero-order chi connectivity index (χ0) is 15.2. The highest BCUT2D eigenvalue weighted by molar-refractivity contribution is 5.78. The maximum absolute atomic E-state index is 11.0. The summed E-state index contributed by atoms with van der Waals surface area (Å²) in [5.41, 5.74) is 7.87. The van der Waals surface area contributed by atoms with Crippen LogP contribution in [0.25, 0.3) is 0 Å². The summed E-state index contributed by atoms with van der Waals surface area (Å²) < 4.78 is 0. The van der Waals surface area contributed by atoms with Gasteiger partial charge in [-0.1, -0.05) is 29.8 Å². The zero-order valence-corrected chi connectivity index (χ0v) is 12.8. The number of benzene rings is 1. The molecule has 3 N–H and O–H groups in total. The van der Waals surface area contributed by atoms with Gasteiger partial charge >= 0.3 is 0 Å². The molecule has 1 amide bonds. The SMILES string of the molecule is Cc1cccc(CCCN2CCC([C@H](O)C(N)=O)CC2)c1. The fourth-order valence-corrected chi connectivity index (χ4v) is 3.10. The number of nitrogens with zero attached hydrogens (tertiary/aromatic N) is 1. The van der Waals surface area contributed by atoms with Crippen LogP contribution >= 0.6 is 0 Å².